The number of anilines is 1. The van der Waals surface area contributed by atoms with E-state index >= 15 is 0 Å². The summed E-state index contributed by atoms with van der Waals surface area (Å²) in [5.41, 5.74) is 2.07. The number of hydrogen-bond donors (Lipinski definition) is 2. The van der Waals surface area contributed by atoms with Crippen molar-refractivity contribution in [2.75, 3.05) is 18.5 Å². The highest BCUT2D eigenvalue weighted by atomic mass is 16.5. The minimum absolute atomic E-state index is 0.00346. The number of benzene rings is 1. The van der Waals surface area contributed by atoms with Crippen LogP contribution in [0.15, 0.2) is 24.3 Å². The molecule has 21 heavy (non-hydrogen) atoms. The Balaban J connectivity index is 1.78. The molecule has 4 heteroatoms. The van der Waals surface area contributed by atoms with Gasteiger partial charge in [-0.2, -0.15) is 0 Å². The molecule has 1 saturated carbocycles. The van der Waals surface area contributed by atoms with E-state index in [2.05, 4.69) is 24.5 Å². The van der Waals surface area contributed by atoms with E-state index in [-0.39, 0.29) is 11.3 Å². The molecule has 0 saturated heterocycles. The number of hydrogen-bond acceptors (Lipinski definition) is 3. The zero-order valence-electron chi connectivity index (χ0n) is 13.4. The average Bonchev–Trinajstić information content (AvgIpc) is 2.42. The summed E-state index contributed by atoms with van der Waals surface area (Å²) in [6.45, 7) is 9.49. The summed E-state index contributed by atoms with van der Waals surface area (Å²) < 4.78 is 5.70. The van der Waals surface area contributed by atoms with Crippen LogP contribution in [0.2, 0.25) is 0 Å². The monoisotopic (exact) mass is 290 g/mol. The predicted octanol–water partition coefficient (Wildman–Crippen LogP) is 2.73. The van der Waals surface area contributed by atoms with Gasteiger partial charge in [0.1, 0.15) is 0 Å². The summed E-state index contributed by atoms with van der Waals surface area (Å²) in [4.78, 5) is 12.0. The quantitative estimate of drug-likeness (QED) is 0.847. The zero-order valence-corrected chi connectivity index (χ0v) is 13.4. The molecular formula is C17H26N2O2. The Kier molecular flexibility index (Phi) is 5.01. The smallest absolute Gasteiger partial charge is 0.238 e. The Morgan fingerprint density at radius 2 is 2.19 bits per heavy atom. The second-order valence-corrected chi connectivity index (χ2v) is 6.35. The molecule has 1 aromatic carbocycles. The fourth-order valence-corrected chi connectivity index (χ4v) is 2.86. The summed E-state index contributed by atoms with van der Waals surface area (Å²) in [5, 5.41) is 6.26. The van der Waals surface area contributed by atoms with E-state index in [1.54, 1.807) is 0 Å². The van der Waals surface area contributed by atoms with Gasteiger partial charge in [-0.05, 0) is 38.0 Å². The lowest BCUT2D eigenvalue weighted by Gasteiger charge is -2.51. The summed E-state index contributed by atoms with van der Waals surface area (Å²) in [6.07, 6.45) is 1.26. The SMILES string of the molecule is CCOC1CC(NCC(=O)Nc2cccc(C)c2)C1(C)C. The van der Waals surface area contributed by atoms with Crippen LogP contribution in [-0.2, 0) is 9.53 Å². The van der Waals surface area contributed by atoms with E-state index in [0.29, 0.717) is 18.7 Å². The van der Waals surface area contributed by atoms with Crippen LogP contribution in [0.25, 0.3) is 0 Å². The molecule has 0 radical (unpaired) electrons. The molecule has 1 aliphatic carbocycles. The molecule has 2 N–H and O–H groups in total. The highest BCUT2D eigenvalue weighted by Crippen LogP contribution is 2.42. The Hall–Kier alpha value is -1.39. The van der Waals surface area contributed by atoms with Crippen molar-refractivity contribution in [2.45, 2.75) is 46.3 Å². The first-order chi connectivity index (χ1) is 9.93. The van der Waals surface area contributed by atoms with Crippen molar-refractivity contribution < 1.29 is 9.53 Å². The van der Waals surface area contributed by atoms with Crippen LogP contribution in [-0.4, -0.2) is 31.2 Å². The van der Waals surface area contributed by atoms with Crippen molar-refractivity contribution in [3.8, 4) is 0 Å². The van der Waals surface area contributed by atoms with Crippen molar-refractivity contribution in [2.24, 2.45) is 5.41 Å². The molecule has 2 atom stereocenters. The Morgan fingerprint density at radius 1 is 1.43 bits per heavy atom. The van der Waals surface area contributed by atoms with Gasteiger partial charge < -0.3 is 15.4 Å². The first-order valence-electron chi connectivity index (χ1n) is 7.65. The molecule has 0 aliphatic heterocycles. The van der Waals surface area contributed by atoms with Crippen LogP contribution in [0, 0.1) is 12.3 Å². The molecule has 4 nitrogen and oxygen atoms in total. The highest BCUT2D eigenvalue weighted by molar-refractivity contribution is 5.92. The lowest BCUT2D eigenvalue weighted by molar-refractivity contribution is -0.123. The second-order valence-electron chi connectivity index (χ2n) is 6.35. The van der Waals surface area contributed by atoms with Gasteiger partial charge in [0.15, 0.2) is 0 Å². The van der Waals surface area contributed by atoms with E-state index in [0.717, 1.165) is 24.3 Å². The fourth-order valence-electron chi connectivity index (χ4n) is 2.86. The molecule has 0 heterocycles. The van der Waals surface area contributed by atoms with E-state index in [1.165, 1.54) is 0 Å². The molecular weight excluding hydrogens is 264 g/mol. The van der Waals surface area contributed by atoms with Crippen LogP contribution in [0.3, 0.4) is 0 Å². The van der Waals surface area contributed by atoms with Crippen LogP contribution in [0.1, 0.15) is 32.8 Å². The van der Waals surface area contributed by atoms with Crippen molar-refractivity contribution in [3.05, 3.63) is 29.8 Å². The standard InChI is InChI=1S/C17H26N2O2/c1-5-21-15-10-14(17(15,3)4)18-11-16(20)19-13-8-6-7-12(2)9-13/h6-9,14-15,18H,5,10-11H2,1-4H3,(H,19,20). The van der Waals surface area contributed by atoms with E-state index in [1.807, 2.05) is 38.1 Å². The van der Waals surface area contributed by atoms with E-state index < -0.39 is 0 Å². The third-order valence-corrected chi connectivity index (χ3v) is 4.36. The zero-order chi connectivity index (χ0) is 15.5. The van der Waals surface area contributed by atoms with Crippen molar-refractivity contribution >= 4 is 11.6 Å². The molecule has 2 unspecified atom stereocenters. The second kappa shape index (κ2) is 6.58. The van der Waals surface area contributed by atoms with Crippen LogP contribution in [0.4, 0.5) is 5.69 Å². The molecule has 1 fully saturated rings. The molecule has 0 aromatic heterocycles. The molecule has 1 aliphatic rings. The molecule has 0 bridgehead atoms. The molecule has 0 spiro atoms. The summed E-state index contributed by atoms with van der Waals surface area (Å²) in [6, 6.07) is 8.16. The van der Waals surface area contributed by atoms with Gasteiger partial charge in [-0.3, -0.25) is 4.79 Å². The van der Waals surface area contributed by atoms with Crippen molar-refractivity contribution in [1.82, 2.24) is 5.32 Å². The Morgan fingerprint density at radius 3 is 2.81 bits per heavy atom. The Bertz CT molecular complexity index is 499. The van der Waals surface area contributed by atoms with Crippen LogP contribution in [0.5, 0.6) is 0 Å². The van der Waals surface area contributed by atoms with Crippen molar-refractivity contribution in [3.63, 3.8) is 0 Å². The topological polar surface area (TPSA) is 50.4 Å². The van der Waals surface area contributed by atoms with Crippen LogP contribution < -0.4 is 10.6 Å². The van der Waals surface area contributed by atoms with Gasteiger partial charge in [0.25, 0.3) is 0 Å². The lowest BCUT2D eigenvalue weighted by Crippen LogP contribution is -2.61. The number of amides is 1. The van der Waals surface area contributed by atoms with Gasteiger partial charge in [0, 0.05) is 23.8 Å². The summed E-state index contributed by atoms with van der Waals surface area (Å²) in [5.74, 6) is -0.00346. The first kappa shape index (κ1) is 16.0. The normalized spacial score (nSPS) is 23.4. The largest absolute Gasteiger partial charge is 0.378 e. The summed E-state index contributed by atoms with van der Waals surface area (Å²) in [7, 11) is 0. The first-order valence-corrected chi connectivity index (χ1v) is 7.65. The third-order valence-electron chi connectivity index (χ3n) is 4.36. The maximum atomic E-state index is 12.0. The number of nitrogens with one attached hydrogen (secondary N) is 2. The average molecular weight is 290 g/mol. The minimum Gasteiger partial charge on any atom is -0.378 e. The highest BCUT2D eigenvalue weighted by Gasteiger charge is 2.48. The molecule has 2 rings (SSSR count). The molecule has 116 valence electrons. The number of aryl methyl sites for hydroxylation is 1. The van der Waals surface area contributed by atoms with Gasteiger partial charge >= 0.3 is 0 Å². The summed E-state index contributed by atoms with van der Waals surface area (Å²) >= 11 is 0. The van der Waals surface area contributed by atoms with Gasteiger partial charge in [-0.1, -0.05) is 26.0 Å². The van der Waals surface area contributed by atoms with E-state index in [9.17, 15) is 4.79 Å². The van der Waals surface area contributed by atoms with Gasteiger partial charge in [0.2, 0.25) is 5.91 Å². The number of carbonyl (C=O) groups is 1. The number of rotatable bonds is 6. The van der Waals surface area contributed by atoms with Gasteiger partial charge in [-0.15, -0.1) is 0 Å². The van der Waals surface area contributed by atoms with Gasteiger partial charge in [0.05, 0.1) is 12.6 Å². The lowest BCUT2D eigenvalue weighted by atomic mass is 9.64. The van der Waals surface area contributed by atoms with Gasteiger partial charge in [-0.25, -0.2) is 0 Å². The number of ether oxygens (including phenoxy) is 1. The Labute approximate surface area is 127 Å². The molecule has 1 aromatic rings. The maximum Gasteiger partial charge on any atom is 0.238 e. The number of carbonyl (C=O) groups excluding carboxylic acids is 1. The predicted molar refractivity (Wildman–Crippen MR) is 85.4 cm³/mol. The maximum absolute atomic E-state index is 12.0. The van der Waals surface area contributed by atoms with E-state index in [4.69, 9.17) is 4.74 Å². The fraction of sp³-hybridized carbons (Fsp3) is 0.588. The molecule has 1 amide bonds. The minimum atomic E-state index is -0.00346. The van der Waals surface area contributed by atoms with Crippen molar-refractivity contribution in [1.29, 1.82) is 0 Å². The third kappa shape index (κ3) is 3.83. The van der Waals surface area contributed by atoms with Crippen LogP contribution >= 0.6 is 0 Å².